The number of nitrogens with zero attached hydrogens (tertiary/aromatic N) is 4. The van der Waals surface area contributed by atoms with Gasteiger partial charge in [0.25, 0.3) is 0 Å². The third-order valence-electron chi connectivity index (χ3n) is 4.96. The van der Waals surface area contributed by atoms with Crippen LogP contribution in [0.2, 0.25) is 0 Å². The van der Waals surface area contributed by atoms with Crippen molar-refractivity contribution in [1.29, 1.82) is 0 Å². The van der Waals surface area contributed by atoms with E-state index in [1.165, 1.54) is 0 Å². The van der Waals surface area contributed by atoms with Crippen LogP contribution in [0.4, 0.5) is 10.5 Å². The molecular formula is C20H28N6O2. The normalized spacial score (nSPS) is 17.5. The number of hydrogen-bond donors (Lipinski definition) is 2. The van der Waals surface area contributed by atoms with E-state index in [9.17, 15) is 9.59 Å². The fourth-order valence-corrected chi connectivity index (χ4v) is 3.40. The molecule has 1 saturated heterocycles. The first-order valence-corrected chi connectivity index (χ1v) is 9.67. The van der Waals surface area contributed by atoms with Crippen LogP contribution in [-0.4, -0.2) is 56.6 Å². The molecule has 0 saturated carbocycles. The number of aryl methyl sites for hydroxylation is 2. The van der Waals surface area contributed by atoms with Gasteiger partial charge in [0.05, 0.1) is 6.54 Å². The molecule has 1 aromatic carbocycles. The van der Waals surface area contributed by atoms with E-state index in [2.05, 4.69) is 20.5 Å². The van der Waals surface area contributed by atoms with E-state index >= 15 is 0 Å². The molecule has 1 aromatic heterocycles. The molecular weight excluding hydrogens is 356 g/mol. The molecule has 0 bridgehead atoms. The molecule has 8 heteroatoms. The van der Waals surface area contributed by atoms with Gasteiger partial charge in [0, 0.05) is 24.7 Å². The average molecular weight is 384 g/mol. The van der Waals surface area contributed by atoms with Gasteiger partial charge in [-0.1, -0.05) is 32.0 Å². The van der Waals surface area contributed by atoms with Gasteiger partial charge in [-0.05, 0) is 31.9 Å². The van der Waals surface area contributed by atoms with E-state index < -0.39 is 0 Å². The van der Waals surface area contributed by atoms with Crippen LogP contribution in [0.5, 0.6) is 0 Å². The zero-order valence-corrected chi connectivity index (χ0v) is 16.9. The van der Waals surface area contributed by atoms with E-state index in [1.807, 2.05) is 56.9 Å². The standard InChI is InChI=1S/C20H28N6O2/c1-13(2)19(27)26-11-7-10-25(12-17(26)18-21-15(4)23-24-18)20(28)22-16-9-6-5-8-14(16)3/h5-6,8-9,13,17H,7,10-12H2,1-4H3,(H,22,28)(H,21,23,24). The van der Waals surface area contributed by atoms with Crippen LogP contribution >= 0.6 is 0 Å². The third-order valence-corrected chi connectivity index (χ3v) is 4.96. The number of anilines is 1. The fraction of sp³-hybridized carbons (Fsp3) is 0.500. The van der Waals surface area contributed by atoms with Gasteiger partial charge in [0.15, 0.2) is 5.82 Å². The van der Waals surface area contributed by atoms with Crippen LogP contribution in [-0.2, 0) is 4.79 Å². The van der Waals surface area contributed by atoms with E-state index in [4.69, 9.17) is 0 Å². The predicted octanol–water partition coefficient (Wildman–Crippen LogP) is 2.89. The number of para-hydroxylation sites is 1. The Labute approximate surface area is 165 Å². The highest BCUT2D eigenvalue weighted by atomic mass is 16.2. The number of amides is 3. The molecule has 1 unspecified atom stereocenters. The first kappa shape index (κ1) is 19.9. The number of rotatable bonds is 3. The minimum atomic E-state index is -0.370. The highest BCUT2D eigenvalue weighted by Crippen LogP contribution is 2.25. The van der Waals surface area contributed by atoms with Crippen molar-refractivity contribution in [1.82, 2.24) is 25.0 Å². The van der Waals surface area contributed by atoms with Gasteiger partial charge in [-0.15, -0.1) is 0 Å². The minimum absolute atomic E-state index is 0.0496. The van der Waals surface area contributed by atoms with Gasteiger partial charge in [0.2, 0.25) is 5.91 Å². The van der Waals surface area contributed by atoms with Crippen molar-refractivity contribution in [2.24, 2.45) is 5.92 Å². The lowest BCUT2D eigenvalue weighted by atomic mass is 10.1. The Morgan fingerprint density at radius 1 is 1.21 bits per heavy atom. The largest absolute Gasteiger partial charge is 0.330 e. The van der Waals surface area contributed by atoms with Gasteiger partial charge in [-0.3, -0.25) is 9.89 Å². The first-order valence-electron chi connectivity index (χ1n) is 9.67. The topological polar surface area (TPSA) is 94.2 Å². The molecule has 150 valence electrons. The van der Waals surface area contributed by atoms with Gasteiger partial charge in [0.1, 0.15) is 11.9 Å². The molecule has 2 aromatic rings. The summed E-state index contributed by atoms with van der Waals surface area (Å²) in [7, 11) is 0. The lowest BCUT2D eigenvalue weighted by Crippen LogP contribution is -2.43. The summed E-state index contributed by atoms with van der Waals surface area (Å²) in [5.74, 6) is 1.15. The Morgan fingerprint density at radius 3 is 2.61 bits per heavy atom. The predicted molar refractivity (Wildman–Crippen MR) is 107 cm³/mol. The molecule has 0 spiro atoms. The summed E-state index contributed by atoms with van der Waals surface area (Å²) in [5, 5.41) is 10.1. The van der Waals surface area contributed by atoms with Crippen molar-refractivity contribution in [3.8, 4) is 0 Å². The number of benzene rings is 1. The van der Waals surface area contributed by atoms with Crippen LogP contribution in [0, 0.1) is 19.8 Å². The van der Waals surface area contributed by atoms with Crippen LogP contribution in [0.1, 0.15) is 43.5 Å². The second-order valence-corrected chi connectivity index (χ2v) is 7.53. The molecule has 2 N–H and O–H groups in total. The highest BCUT2D eigenvalue weighted by molar-refractivity contribution is 5.90. The van der Waals surface area contributed by atoms with E-state index in [0.717, 1.165) is 11.3 Å². The number of nitrogens with one attached hydrogen (secondary N) is 2. The molecule has 1 atom stereocenters. The maximum absolute atomic E-state index is 12.9. The van der Waals surface area contributed by atoms with Crippen LogP contribution in [0.3, 0.4) is 0 Å². The number of aromatic nitrogens is 3. The number of urea groups is 1. The first-order chi connectivity index (χ1) is 13.4. The van der Waals surface area contributed by atoms with Gasteiger partial charge < -0.3 is 15.1 Å². The van der Waals surface area contributed by atoms with Crippen LogP contribution in [0.25, 0.3) is 0 Å². The third kappa shape index (κ3) is 4.32. The van der Waals surface area contributed by atoms with Gasteiger partial charge in [-0.25, -0.2) is 9.78 Å². The Kier molecular flexibility index (Phi) is 5.96. The van der Waals surface area contributed by atoms with Crippen molar-refractivity contribution >= 4 is 17.6 Å². The van der Waals surface area contributed by atoms with E-state index in [1.54, 1.807) is 4.90 Å². The summed E-state index contributed by atoms with van der Waals surface area (Å²) in [6, 6.07) is 7.13. The average Bonchev–Trinajstić information content (AvgIpc) is 2.97. The quantitative estimate of drug-likeness (QED) is 0.851. The van der Waals surface area contributed by atoms with E-state index in [-0.39, 0.29) is 23.9 Å². The van der Waals surface area contributed by atoms with Crippen molar-refractivity contribution in [3.63, 3.8) is 0 Å². The lowest BCUT2D eigenvalue weighted by Gasteiger charge is -2.31. The maximum atomic E-state index is 12.9. The number of carbonyl (C=O) groups excluding carboxylic acids is 2. The van der Waals surface area contributed by atoms with Gasteiger partial charge >= 0.3 is 6.03 Å². The van der Waals surface area contributed by atoms with Crippen LogP contribution < -0.4 is 5.32 Å². The van der Waals surface area contributed by atoms with Gasteiger partial charge in [-0.2, -0.15) is 5.10 Å². The smallest absolute Gasteiger partial charge is 0.321 e. The Balaban J connectivity index is 1.83. The summed E-state index contributed by atoms with van der Waals surface area (Å²) in [4.78, 5) is 33.7. The molecule has 1 fully saturated rings. The molecule has 2 heterocycles. The van der Waals surface area contributed by atoms with Crippen molar-refractivity contribution in [2.45, 2.75) is 40.2 Å². The summed E-state index contributed by atoms with van der Waals surface area (Å²) in [6.07, 6.45) is 0.708. The zero-order chi connectivity index (χ0) is 20.3. The van der Waals surface area contributed by atoms with Crippen molar-refractivity contribution in [3.05, 3.63) is 41.5 Å². The SMILES string of the molecule is Cc1nc(C2CN(C(=O)Nc3ccccc3C)CCCN2C(=O)C(C)C)n[nH]1. The highest BCUT2D eigenvalue weighted by Gasteiger charge is 2.34. The molecule has 1 aliphatic rings. The number of H-pyrrole nitrogens is 1. The molecule has 1 aliphatic heterocycles. The summed E-state index contributed by atoms with van der Waals surface area (Å²) >= 11 is 0. The van der Waals surface area contributed by atoms with Crippen LogP contribution in [0.15, 0.2) is 24.3 Å². The number of aromatic amines is 1. The fourth-order valence-electron chi connectivity index (χ4n) is 3.40. The summed E-state index contributed by atoms with van der Waals surface area (Å²) in [6.45, 7) is 9.05. The number of carbonyl (C=O) groups is 2. The Hall–Kier alpha value is -2.90. The zero-order valence-electron chi connectivity index (χ0n) is 16.9. The van der Waals surface area contributed by atoms with E-state index in [0.29, 0.717) is 37.7 Å². The monoisotopic (exact) mass is 384 g/mol. The van der Waals surface area contributed by atoms with Crippen molar-refractivity contribution < 1.29 is 9.59 Å². The summed E-state index contributed by atoms with van der Waals surface area (Å²) < 4.78 is 0. The van der Waals surface area contributed by atoms with Crippen molar-refractivity contribution in [2.75, 3.05) is 25.0 Å². The molecule has 0 aliphatic carbocycles. The maximum Gasteiger partial charge on any atom is 0.321 e. The second kappa shape index (κ2) is 8.41. The molecule has 3 amide bonds. The lowest BCUT2D eigenvalue weighted by molar-refractivity contribution is -0.137. The molecule has 3 rings (SSSR count). The minimum Gasteiger partial charge on any atom is -0.330 e. The molecule has 0 radical (unpaired) electrons. The number of hydrogen-bond acceptors (Lipinski definition) is 4. The Bertz CT molecular complexity index is 847. The molecule has 8 nitrogen and oxygen atoms in total. The second-order valence-electron chi connectivity index (χ2n) is 7.53. The molecule has 28 heavy (non-hydrogen) atoms. The Morgan fingerprint density at radius 2 is 1.96 bits per heavy atom. The summed E-state index contributed by atoms with van der Waals surface area (Å²) in [5.41, 5.74) is 1.79.